The van der Waals surface area contributed by atoms with Crippen LogP contribution in [0.1, 0.15) is 25.3 Å². The summed E-state index contributed by atoms with van der Waals surface area (Å²) in [6.45, 7) is 8.41. The van der Waals surface area contributed by atoms with Gasteiger partial charge in [0.2, 0.25) is 11.8 Å². The summed E-state index contributed by atoms with van der Waals surface area (Å²) in [6.07, 6.45) is 1.33. The zero-order chi connectivity index (χ0) is 16.4. The van der Waals surface area contributed by atoms with Crippen molar-refractivity contribution < 1.29 is 9.59 Å². The molecule has 1 aliphatic carbocycles. The highest BCUT2D eigenvalue weighted by Gasteiger charge is 2.58. The molecule has 3 rings (SSSR count). The zero-order valence-corrected chi connectivity index (χ0v) is 14.0. The molecule has 0 spiro atoms. The van der Waals surface area contributed by atoms with Crippen molar-refractivity contribution in [3.8, 4) is 0 Å². The number of nitrogens with one attached hydrogen (secondary N) is 1. The van der Waals surface area contributed by atoms with Crippen LogP contribution in [0.25, 0.3) is 0 Å². The second-order valence-electron chi connectivity index (χ2n) is 6.63. The molecule has 5 nitrogen and oxygen atoms in total. The van der Waals surface area contributed by atoms with E-state index in [2.05, 4.69) is 17.1 Å². The maximum Gasteiger partial charge on any atom is 0.240 e. The molecule has 1 saturated carbocycles. The number of piperazine rings is 1. The topological polar surface area (TPSA) is 52.7 Å². The lowest BCUT2D eigenvalue weighted by Gasteiger charge is -2.35. The van der Waals surface area contributed by atoms with E-state index in [0.29, 0.717) is 12.8 Å². The average Bonchev–Trinajstić information content (AvgIpc) is 3.38. The molecule has 1 saturated heterocycles. The third-order valence-corrected chi connectivity index (χ3v) is 5.01. The van der Waals surface area contributed by atoms with E-state index < -0.39 is 5.41 Å². The summed E-state index contributed by atoms with van der Waals surface area (Å²) in [5.41, 5.74) is 1.09. The molecule has 0 unspecified atom stereocenters. The molecule has 23 heavy (non-hydrogen) atoms. The molecule has 2 fully saturated rings. The van der Waals surface area contributed by atoms with Crippen LogP contribution in [-0.4, -0.2) is 54.3 Å². The van der Waals surface area contributed by atoms with Crippen LogP contribution in [-0.2, 0) is 9.59 Å². The van der Waals surface area contributed by atoms with Gasteiger partial charge in [-0.3, -0.25) is 9.59 Å². The van der Waals surface area contributed by atoms with Gasteiger partial charge in [-0.25, -0.2) is 0 Å². The maximum absolute atomic E-state index is 12.8. The van der Waals surface area contributed by atoms with Crippen molar-refractivity contribution in [3.05, 3.63) is 29.8 Å². The van der Waals surface area contributed by atoms with Gasteiger partial charge >= 0.3 is 0 Å². The first-order chi connectivity index (χ1) is 11.0. The Morgan fingerprint density at radius 1 is 1.09 bits per heavy atom. The van der Waals surface area contributed by atoms with E-state index in [9.17, 15) is 9.59 Å². The van der Waals surface area contributed by atoms with Crippen LogP contribution in [0, 0.1) is 12.3 Å². The van der Waals surface area contributed by atoms with Crippen molar-refractivity contribution in [1.29, 1.82) is 0 Å². The summed E-state index contributed by atoms with van der Waals surface area (Å²) in [4.78, 5) is 29.6. The monoisotopic (exact) mass is 315 g/mol. The standard InChI is InChI=1S/C18H25N3O2/c1-3-20-10-12-21(13-11-20)17(23)18(8-9-18)16(22)19-15-6-4-14(2)5-7-15/h4-7H,3,8-13H2,1-2H3,(H,19,22). The molecule has 0 bridgehead atoms. The van der Waals surface area contributed by atoms with Gasteiger partial charge in [0.05, 0.1) is 0 Å². The Hall–Kier alpha value is -1.88. The molecule has 5 heteroatoms. The largest absolute Gasteiger partial charge is 0.339 e. The van der Waals surface area contributed by atoms with Crippen LogP contribution in [0.4, 0.5) is 5.69 Å². The summed E-state index contributed by atoms with van der Waals surface area (Å²) in [5.74, 6) is -0.137. The third-order valence-electron chi connectivity index (χ3n) is 5.01. The van der Waals surface area contributed by atoms with Gasteiger partial charge in [-0.15, -0.1) is 0 Å². The lowest BCUT2D eigenvalue weighted by Crippen LogP contribution is -2.52. The van der Waals surface area contributed by atoms with Gasteiger partial charge in [0.1, 0.15) is 5.41 Å². The van der Waals surface area contributed by atoms with Crippen molar-refractivity contribution in [3.63, 3.8) is 0 Å². The van der Waals surface area contributed by atoms with Crippen LogP contribution in [0.3, 0.4) is 0 Å². The molecule has 1 aromatic rings. The fraction of sp³-hybridized carbons (Fsp3) is 0.556. The number of carbonyl (C=O) groups is 2. The van der Waals surface area contributed by atoms with Crippen molar-refractivity contribution in [2.24, 2.45) is 5.41 Å². The Labute approximate surface area is 137 Å². The second-order valence-corrected chi connectivity index (χ2v) is 6.63. The number of nitrogens with zero attached hydrogens (tertiary/aromatic N) is 2. The van der Waals surface area contributed by atoms with Crippen molar-refractivity contribution >= 4 is 17.5 Å². The summed E-state index contributed by atoms with van der Waals surface area (Å²) in [5, 5.41) is 2.92. The lowest BCUT2D eigenvalue weighted by molar-refractivity contribution is -0.143. The van der Waals surface area contributed by atoms with Gasteiger partial charge in [0.25, 0.3) is 0 Å². The first kappa shape index (κ1) is 16.0. The Morgan fingerprint density at radius 3 is 2.22 bits per heavy atom. The number of rotatable bonds is 4. The highest BCUT2D eigenvalue weighted by atomic mass is 16.2. The van der Waals surface area contributed by atoms with Gasteiger partial charge in [-0.05, 0) is 38.4 Å². The van der Waals surface area contributed by atoms with Crippen molar-refractivity contribution in [1.82, 2.24) is 9.80 Å². The van der Waals surface area contributed by atoms with Crippen LogP contribution in [0.15, 0.2) is 24.3 Å². The Bertz CT molecular complexity index is 585. The quantitative estimate of drug-likeness (QED) is 0.863. The fourth-order valence-corrected chi connectivity index (χ4v) is 3.12. The highest BCUT2D eigenvalue weighted by molar-refractivity contribution is 6.13. The molecular formula is C18H25N3O2. The lowest BCUT2D eigenvalue weighted by atomic mass is 10.0. The molecule has 2 aliphatic rings. The summed E-state index contributed by atoms with van der Waals surface area (Å²) >= 11 is 0. The van der Waals surface area contributed by atoms with E-state index in [1.165, 1.54) is 0 Å². The molecule has 1 N–H and O–H groups in total. The van der Waals surface area contributed by atoms with Crippen LogP contribution in [0.2, 0.25) is 0 Å². The van der Waals surface area contributed by atoms with Gasteiger partial charge in [-0.2, -0.15) is 0 Å². The number of aryl methyl sites for hydroxylation is 1. The Kier molecular flexibility index (Phi) is 4.39. The molecule has 0 atom stereocenters. The van der Waals surface area contributed by atoms with E-state index in [1.807, 2.05) is 36.1 Å². The molecule has 0 aromatic heterocycles. The number of hydrogen-bond donors (Lipinski definition) is 1. The number of amides is 2. The number of benzene rings is 1. The first-order valence-corrected chi connectivity index (χ1v) is 8.45. The Morgan fingerprint density at radius 2 is 1.70 bits per heavy atom. The van der Waals surface area contributed by atoms with Gasteiger partial charge in [-0.1, -0.05) is 24.6 Å². The number of carbonyl (C=O) groups excluding carboxylic acids is 2. The summed E-state index contributed by atoms with van der Waals surface area (Å²) in [7, 11) is 0. The minimum atomic E-state index is -0.820. The second kappa shape index (κ2) is 6.32. The third kappa shape index (κ3) is 3.24. The minimum Gasteiger partial charge on any atom is -0.339 e. The predicted molar refractivity (Wildman–Crippen MR) is 90.2 cm³/mol. The molecular weight excluding hydrogens is 290 g/mol. The predicted octanol–water partition coefficient (Wildman–Crippen LogP) is 1.88. The van der Waals surface area contributed by atoms with E-state index in [1.54, 1.807) is 0 Å². The highest BCUT2D eigenvalue weighted by Crippen LogP contribution is 2.48. The first-order valence-electron chi connectivity index (χ1n) is 8.45. The van der Waals surface area contributed by atoms with Crippen LogP contribution < -0.4 is 5.32 Å². The normalized spacial score (nSPS) is 20.2. The average molecular weight is 315 g/mol. The van der Waals surface area contributed by atoms with Crippen LogP contribution in [0.5, 0.6) is 0 Å². The fourth-order valence-electron chi connectivity index (χ4n) is 3.12. The van der Waals surface area contributed by atoms with E-state index >= 15 is 0 Å². The smallest absolute Gasteiger partial charge is 0.240 e. The molecule has 1 heterocycles. The minimum absolute atomic E-state index is 0.0119. The molecule has 0 radical (unpaired) electrons. The number of hydrogen-bond acceptors (Lipinski definition) is 3. The SMILES string of the molecule is CCN1CCN(C(=O)C2(C(=O)Nc3ccc(C)cc3)CC2)CC1. The number of likely N-dealkylation sites (N-methyl/N-ethyl adjacent to an activating group) is 1. The zero-order valence-electron chi connectivity index (χ0n) is 14.0. The van der Waals surface area contributed by atoms with Gasteiger partial charge in [0.15, 0.2) is 0 Å². The van der Waals surface area contributed by atoms with E-state index in [0.717, 1.165) is 44.0 Å². The molecule has 2 amide bonds. The maximum atomic E-state index is 12.8. The van der Waals surface area contributed by atoms with Gasteiger partial charge in [0, 0.05) is 31.9 Å². The molecule has 1 aliphatic heterocycles. The summed E-state index contributed by atoms with van der Waals surface area (Å²) in [6, 6.07) is 7.68. The van der Waals surface area contributed by atoms with E-state index in [4.69, 9.17) is 0 Å². The molecule has 1 aromatic carbocycles. The van der Waals surface area contributed by atoms with Crippen LogP contribution >= 0.6 is 0 Å². The van der Waals surface area contributed by atoms with Gasteiger partial charge < -0.3 is 15.1 Å². The summed E-state index contributed by atoms with van der Waals surface area (Å²) < 4.78 is 0. The van der Waals surface area contributed by atoms with Crippen molar-refractivity contribution in [2.75, 3.05) is 38.0 Å². The van der Waals surface area contributed by atoms with Crippen molar-refractivity contribution in [2.45, 2.75) is 26.7 Å². The number of anilines is 1. The Balaban J connectivity index is 1.63. The molecule has 124 valence electrons. The van der Waals surface area contributed by atoms with E-state index in [-0.39, 0.29) is 11.8 Å².